The van der Waals surface area contributed by atoms with E-state index in [9.17, 15) is 4.39 Å². The third-order valence-corrected chi connectivity index (χ3v) is 4.31. The van der Waals surface area contributed by atoms with Crippen molar-refractivity contribution in [3.63, 3.8) is 0 Å². The number of ether oxygens (including phenoxy) is 2. The summed E-state index contributed by atoms with van der Waals surface area (Å²) in [6.45, 7) is 5.50. The highest BCUT2D eigenvalue weighted by atomic mass is 19.1. The van der Waals surface area contributed by atoms with Crippen LogP contribution in [0, 0.1) is 11.7 Å². The number of halogens is 1. The van der Waals surface area contributed by atoms with E-state index < -0.39 is 5.79 Å². The first kappa shape index (κ1) is 16.1. The molecule has 5 heteroatoms. The highest BCUT2D eigenvalue weighted by molar-refractivity contribution is 5.16. The van der Waals surface area contributed by atoms with Crippen LogP contribution in [0.1, 0.15) is 25.8 Å². The molecule has 0 radical (unpaired) electrons. The van der Waals surface area contributed by atoms with Crippen LogP contribution in [-0.2, 0) is 22.4 Å². The minimum absolute atomic E-state index is 0.103. The summed E-state index contributed by atoms with van der Waals surface area (Å²) in [5.41, 5.74) is 1.08. The zero-order chi connectivity index (χ0) is 16.3. The number of aromatic nitrogens is 2. The summed E-state index contributed by atoms with van der Waals surface area (Å²) in [6.07, 6.45) is 7.04. The molecule has 1 aliphatic heterocycles. The lowest BCUT2D eigenvalue weighted by atomic mass is 10.0. The molecule has 1 fully saturated rings. The van der Waals surface area contributed by atoms with Crippen molar-refractivity contribution in [1.82, 2.24) is 9.55 Å². The van der Waals surface area contributed by atoms with Gasteiger partial charge in [0.05, 0.1) is 25.6 Å². The Morgan fingerprint density at radius 3 is 2.74 bits per heavy atom. The zero-order valence-electron chi connectivity index (χ0n) is 13.6. The molecule has 4 nitrogen and oxygen atoms in total. The van der Waals surface area contributed by atoms with E-state index in [0.29, 0.717) is 19.1 Å². The summed E-state index contributed by atoms with van der Waals surface area (Å²) < 4.78 is 27.4. The standard InChI is InChI=1S/C18H23FN2O2/c1-14(2)17-11-22-18(23-17,12-21-10-9-20-13-21)8-7-15-3-5-16(19)6-4-15/h3-6,9-10,13-14,17H,7-8,11-12H2,1-2H3. The molecule has 23 heavy (non-hydrogen) atoms. The van der Waals surface area contributed by atoms with E-state index in [2.05, 4.69) is 18.8 Å². The normalized spacial score (nSPS) is 24.4. The largest absolute Gasteiger partial charge is 0.345 e. The number of aryl methyl sites for hydroxylation is 1. The Morgan fingerprint density at radius 2 is 2.13 bits per heavy atom. The Kier molecular flexibility index (Phi) is 4.78. The van der Waals surface area contributed by atoms with Crippen LogP contribution in [0.2, 0.25) is 0 Å². The fourth-order valence-electron chi connectivity index (χ4n) is 2.84. The highest BCUT2D eigenvalue weighted by Gasteiger charge is 2.42. The smallest absolute Gasteiger partial charge is 0.187 e. The summed E-state index contributed by atoms with van der Waals surface area (Å²) in [7, 11) is 0. The minimum Gasteiger partial charge on any atom is -0.345 e. The predicted octanol–water partition coefficient (Wildman–Crippen LogP) is 3.42. The third-order valence-electron chi connectivity index (χ3n) is 4.31. The van der Waals surface area contributed by atoms with Crippen molar-refractivity contribution in [3.8, 4) is 0 Å². The quantitative estimate of drug-likeness (QED) is 0.819. The summed E-state index contributed by atoms with van der Waals surface area (Å²) >= 11 is 0. The van der Waals surface area contributed by atoms with Crippen LogP contribution < -0.4 is 0 Å². The first-order valence-corrected chi connectivity index (χ1v) is 8.08. The molecule has 1 saturated heterocycles. The molecule has 2 heterocycles. The average Bonchev–Trinajstić information content (AvgIpc) is 3.18. The molecule has 0 aliphatic carbocycles. The molecule has 1 aromatic heterocycles. The Bertz CT molecular complexity index is 612. The summed E-state index contributed by atoms with van der Waals surface area (Å²) in [5.74, 6) is -0.454. The number of hydrogen-bond acceptors (Lipinski definition) is 3. The van der Waals surface area contributed by atoms with Gasteiger partial charge < -0.3 is 14.0 Å². The lowest BCUT2D eigenvalue weighted by molar-refractivity contribution is -0.185. The maximum absolute atomic E-state index is 13.0. The van der Waals surface area contributed by atoms with E-state index in [1.807, 2.05) is 22.9 Å². The summed E-state index contributed by atoms with van der Waals surface area (Å²) in [5, 5.41) is 0. The van der Waals surface area contributed by atoms with Crippen molar-refractivity contribution in [2.24, 2.45) is 5.92 Å². The second-order valence-corrected chi connectivity index (χ2v) is 6.48. The van der Waals surface area contributed by atoms with E-state index >= 15 is 0 Å². The lowest BCUT2D eigenvalue weighted by Gasteiger charge is -2.29. The molecule has 2 aromatic rings. The Hall–Kier alpha value is -1.72. The molecule has 0 amide bonds. The molecule has 0 N–H and O–H groups in total. The average molecular weight is 318 g/mol. The van der Waals surface area contributed by atoms with Crippen LogP contribution in [-0.4, -0.2) is 28.0 Å². The summed E-state index contributed by atoms with van der Waals surface area (Å²) in [6, 6.07) is 6.61. The van der Waals surface area contributed by atoms with E-state index in [1.165, 1.54) is 12.1 Å². The van der Waals surface area contributed by atoms with Crippen molar-refractivity contribution >= 4 is 0 Å². The molecular weight excluding hydrogens is 295 g/mol. The van der Waals surface area contributed by atoms with Crippen LogP contribution in [0.15, 0.2) is 43.0 Å². The maximum atomic E-state index is 13.0. The second-order valence-electron chi connectivity index (χ2n) is 6.48. The summed E-state index contributed by atoms with van der Waals surface area (Å²) in [4.78, 5) is 4.09. The van der Waals surface area contributed by atoms with Gasteiger partial charge in [0, 0.05) is 18.8 Å². The van der Waals surface area contributed by atoms with Gasteiger partial charge in [0.15, 0.2) is 5.79 Å². The molecule has 3 rings (SSSR count). The van der Waals surface area contributed by atoms with Crippen molar-refractivity contribution in [1.29, 1.82) is 0 Å². The van der Waals surface area contributed by atoms with Crippen molar-refractivity contribution in [3.05, 3.63) is 54.4 Å². The van der Waals surface area contributed by atoms with Gasteiger partial charge in [0.2, 0.25) is 0 Å². The fourth-order valence-corrected chi connectivity index (χ4v) is 2.84. The first-order valence-electron chi connectivity index (χ1n) is 8.08. The van der Waals surface area contributed by atoms with Gasteiger partial charge in [-0.2, -0.15) is 0 Å². The molecule has 2 unspecified atom stereocenters. The molecule has 1 aliphatic rings. The number of rotatable bonds is 6. The van der Waals surface area contributed by atoms with E-state index in [4.69, 9.17) is 9.47 Å². The van der Waals surface area contributed by atoms with E-state index in [1.54, 1.807) is 12.5 Å². The van der Waals surface area contributed by atoms with Gasteiger partial charge in [0.1, 0.15) is 5.82 Å². The molecule has 0 saturated carbocycles. The van der Waals surface area contributed by atoms with Gasteiger partial charge in [0.25, 0.3) is 0 Å². The Balaban J connectivity index is 1.71. The predicted molar refractivity (Wildman–Crippen MR) is 85.3 cm³/mol. The van der Waals surface area contributed by atoms with Crippen molar-refractivity contribution < 1.29 is 13.9 Å². The van der Waals surface area contributed by atoms with Crippen molar-refractivity contribution in [2.75, 3.05) is 6.61 Å². The SMILES string of the molecule is CC(C)C1COC(CCc2ccc(F)cc2)(Cn2ccnc2)O1. The van der Waals surface area contributed by atoms with Gasteiger partial charge in [-0.05, 0) is 30.0 Å². The molecule has 0 bridgehead atoms. The van der Waals surface area contributed by atoms with E-state index in [0.717, 1.165) is 18.4 Å². The number of benzene rings is 1. The first-order chi connectivity index (χ1) is 11.1. The molecule has 1 aromatic carbocycles. The van der Waals surface area contributed by atoms with Crippen LogP contribution in [0.3, 0.4) is 0 Å². The van der Waals surface area contributed by atoms with Crippen LogP contribution in [0.5, 0.6) is 0 Å². The van der Waals surface area contributed by atoms with Gasteiger partial charge in [-0.3, -0.25) is 0 Å². The molecular formula is C18H23FN2O2. The monoisotopic (exact) mass is 318 g/mol. The topological polar surface area (TPSA) is 36.3 Å². The number of hydrogen-bond donors (Lipinski definition) is 0. The van der Waals surface area contributed by atoms with E-state index in [-0.39, 0.29) is 11.9 Å². The van der Waals surface area contributed by atoms with Crippen LogP contribution in [0.25, 0.3) is 0 Å². The molecule has 0 spiro atoms. The molecule has 2 atom stereocenters. The van der Waals surface area contributed by atoms with Crippen molar-refractivity contribution in [2.45, 2.75) is 45.1 Å². The Morgan fingerprint density at radius 1 is 1.35 bits per heavy atom. The second kappa shape index (κ2) is 6.81. The van der Waals surface area contributed by atoms with Gasteiger partial charge in [-0.25, -0.2) is 9.37 Å². The van der Waals surface area contributed by atoms with Gasteiger partial charge >= 0.3 is 0 Å². The number of nitrogens with zero attached hydrogens (tertiary/aromatic N) is 2. The maximum Gasteiger partial charge on any atom is 0.187 e. The number of imidazole rings is 1. The highest BCUT2D eigenvalue weighted by Crippen LogP contribution is 2.33. The third kappa shape index (κ3) is 3.98. The Labute approximate surface area is 136 Å². The van der Waals surface area contributed by atoms with Gasteiger partial charge in [-0.15, -0.1) is 0 Å². The molecule has 124 valence electrons. The fraction of sp³-hybridized carbons (Fsp3) is 0.500. The van der Waals surface area contributed by atoms with Crippen LogP contribution in [0.4, 0.5) is 4.39 Å². The lowest BCUT2D eigenvalue weighted by Crippen LogP contribution is -2.37. The van der Waals surface area contributed by atoms with Crippen LogP contribution >= 0.6 is 0 Å². The zero-order valence-corrected chi connectivity index (χ0v) is 13.6. The minimum atomic E-state index is -0.649. The van der Waals surface area contributed by atoms with Gasteiger partial charge in [-0.1, -0.05) is 26.0 Å².